The second kappa shape index (κ2) is 4.75. The van der Waals surface area contributed by atoms with Crippen molar-refractivity contribution in [2.45, 2.75) is 26.3 Å². The Morgan fingerprint density at radius 3 is 2.76 bits per heavy atom. The molecule has 1 aromatic carbocycles. The minimum atomic E-state index is -0.304. The van der Waals surface area contributed by atoms with Crippen LogP contribution < -0.4 is 10.5 Å². The number of amides is 1. The number of nitrogens with two attached hydrogens (primary N) is 1. The zero-order valence-electron chi connectivity index (χ0n) is 10.3. The zero-order chi connectivity index (χ0) is 12.4. The predicted octanol–water partition coefficient (Wildman–Crippen LogP) is 1.84. The molecule has 1 aromatic rings. The van der Waals surface area contributed by atoms with E-state index < -0.39 is 0 Å². The lowest BCUT2D eigenvalue weighted by Gasteiger charge is -2.15. The summed E-state index contributed by atoms with van der Waals surface area (Å²) in [4.78, 5) is 13.5. The molecule has 0 aliphatic carbocycles. The largest absolute Gasteiger partial charge is 0.415 e. The highest BCUT2D eigenvalue weighted by atomic mass is 16.6. The number of carbonyl (C=O) groups excluding carboxylic acids is 1. The number of likely N-dealkylation sites (tertiary alicyclic amines) is 1. The molecule has 92 valence electrons. The highest BCUT2D eigenvalue weighted by Gasteiger charge is 2.25. The molecule has 2 rings (SSSR count). The quantitative estimate of drug-likeness (QED) is 0.806. The number of hydrogen-bond acceptors (Lipinski definition) is 3. The van der Waals surface area contributed by atoms with E-state index in [1.807, 2.05) is 32.0 Å². The number of ether oxygens (including phenoxy) is 1. The minimum Gasteiger partial charge on any atom is -0.410 e. The normalized spacial score (nSPS) is 19.5. The van der Waals surface area contributed by atoms with Crippen LogP contribution >= 0.6 is 0 Å². The fourth-order valence-electron chi connectivity index (χ4n) is 1.90. The first kappa shape index (κ1) is 11.9. The van der Waals surface area contributed by atoms with Gasteiger partial charge in [0.25, 0.3) is 0 Å². The van der Waals surface area contributed by atoms with Gasteiger partial charge in [0.05, 0.1) is 0 Å². The molecule has 1 atom stereocenters. The summed E-state index contributed by atoms with van der Waals surface area (Å²) in [6, 6.07) is 5.73. The molecule has 1 saturated heterocycles. The maximum atomic E-state index is 11.8. The summed E-state index contributed by atoms with van der Waals surface area (Å²) < 4.78 is 5.31. The maximum Gasteiger partial charge on any atom is 0.415 e. The molecule has 0 bridgehead atoms. The van der Waals surface area contributed by atoms with Crippen LogP contribution in [0.25, 0.3) is 0 Å². The highest BCUT2D eigenvalue weighted by Crippen LogP contribution is 2.18. The lowest BCUT2D eigenvalue weighted by Crippen LogP contribution is -2.34. The third-order valence-corrected chi connectivity index (χ3v) is 3.17. The van der Waals surface area contributed by atoms with Gasteiger partial charge in [0.15, 0.2) is 0 Å². The maximum absolute atomic E-state index is 11.8. The van der Waals surface area contributed by atoms with Gasteiger partial charge in [0, 0.05) is 19.1 Å². The van der Waals surface area contributed by atoms with Gasteiger partial charge in [0.1, 0.15) is 5.75 Å². The molecule has 0 radical (unpaired) electrons. The number of carbonyl (C=O) groups is 1. The Morgan fingerprint density at radius 2 is 2.18 bits per heavy atom. The van der Waals surface area contributed by atoms with Gasteiger partial charge in [0.2, 0.25) is 0 Å². The molecule has 1 amide bonds. The van der Waals surface area contributed by atoms with E-state index >= 15 is 0 Å². The van der Waals surface area contributed by atoms with E-state index in [0.29, 0.717) is 18.8 Å². The van der Waals surface area contributed by atoms with Crippen molar-refractivity contribution in [3.05, 3.63) is 29.3 Å². The minimum absolute atomic E-state index is 0.0855. The van der Waals surface area contributed by atoms with Crippen molar-refractivity contribution in [1.29, 1.82) is 0 Å². The van der Waals surface area contributed by atoms with Crippen molar-refractivity contribution in [3.8, 4) is 5.75 Å². The number of benzene rings is 1. The third kappa shape index (κ3) is 2.77. The lowest BCUT2D eigenvalue weighted by atomic mass is 10.1. The van der Waals surface area contributed by atoms with E-state index in [2.05, 4.69) is 0 Å². The molecule has 4 nitrogen and oxygen atoms in total. The fourth-order valence-corrected chi connectivity index (χ4v) is 1.90. The summed E-state index contributed by atoms with van der Waals surface area (Å²) in [6.45, 7) is 5.30. The Bertz CT molecular complexity index is 431. The standard InChI is InChI=1S/C13H18N2O2/c1-9-3-4-12(7-10(9)2)17-13(16)15-6-5-11(14)8-15/h3-4,7,11H,5-6,8,14H2,1-2H3. The fraction of sp³-hybridized carbons (Fsp3) is 0.462. The van der Waals surface area contributed by atoms with Gasteiger partial charge >= 0.3 is 6.09 Å². The molecule has 2 N–H and O–H groups in total. The summed E-state index contributed by atoms with van der Waals surface area (Å²) in [6.07, 6.45) is 0.545. The summed E-state index contributed by atoms with van der Waals surface area (Å²) in [7, 11) is 0. The zero-order valence-corrected chi connectivity index (χ0v) is 10.3. The van der Waals surface area contributed by atoms with Crippen LogP contribution in [0, 0.1) is 13.8 Å². The van der Waals surface area contributed by atoms with Crippen molar-refractivity contribution >= 4 is 6.09 Å². The van der Waals surface area contributed by atoms with Gasteiger partial charge in [-0.2, -0.15) is 0 Å². The van der Waals surface area contributed by atoms with E-state index in [1.165, 1.54) is 5.56 Å². The average Bonchev–Trinajstić information content (AvgIpc) is 2.70. The molecule has 0 spiro atoms. The van der Waals surface area contributed by atoms with E-state index in [4.69, 9.17) is 10.5 Å². The van der Waals surface area contributed by atoms with Crippen molar-refractivity contribution in [2.24, 2.45) is 5.73 Å². The van der Waals surface area contributed by atoms with Gasteiger partial charge in [-0.3, -0.25) is 0 Å². The van der Waals surface area contributed by atoms with Crippen molar-refractivity contribution < 1.29 is 9.53 Å². The molecule has 1 aliphatic rings. The van der Waals surface area contributed by atoms with Crippen molar-refractivity contribution in [3.63, 3.8) is 0 Å². The monoisotopic (exact) mass is 234 g/mol. The smallest absolute Gasteiger partial charge is 0.410 e. The first-order chi connectivity index (χ1) is 8.06. The Morgan fingerprint density at radius 1 is 1.41 bits per heavy atom. The Balaban J connectivity index is 2.00. The Hall–Kier alpha value is -1.55. The summed E-state index contributed by atoms with van der Waals surface area (Å²) in [5.74, 6) is 0.596. The van der Waals surface area contributed by atoms with Crippen LogP contribution in [-0.4, -0.2) is 30.1 Å². The van der Waals surface area contributed by atoms with Crippen molar-refractivity contribution in [1.82, 2.24) is 4.90 Å². The van der Waals surface area contributed by atoms with Crippen LogP contribution in [0.3, 0.4) is 0 Å². The van der Waals surface area contributed by atoms with Gasteiger partial charge in [-0.25, -0.2) is 4.79 Å². The molecular formula is C13H18N2O2. The Kier molecular flexibility index (Phi) is 3.33. The van der Waals surface area contributed by atoms with E-state index in [9.17, 15) is 4.79 Å². The highest BCUT2D eigenvalue weighted by molar-refractivity contribution is 5.71. The topological polar surface area (TPSA) is 55.6 Å². The second-order valence-corrected chi connectivity index (χ2v) is 4.61. The van der Waals surface area contributed by atoms with Gasteiger partial charge < -0.3 is 15.4 Å². The second-order valence-electron chi connectivity index (χ2n) is 4.61. The van der Waals surface area contributed by atoms with Crippen molar-refractivity contribution in [2.75, 3.05) is 13.1 Å². The molecule has 1 unspecified atom stereocenters. The van der Waals surface area contributed by atoms with E-state index in [1.54, 1.807) is 4.90 Å². The number of aryl methyl sites for hydroxylation is 2. The summed E-state index contributed by atoms with van der Waals surface area (Å²) >= 11 is 0. The van der Waals surface area contributed by atoms with Gasteiger partial charge in [-0.15, -0.1) is 0 Å². The van der Waals surface area contributed by atoms with E-state index in [0.717, 1.165) is 12.0 Å². The Labute approximate surface area is 101 Å². The van der Waals surface area contributed by atoms with Crippen LogP contribution in [-0.2, 0) is 0 Å². The van der Waals surface area contributed by atoms with E-state index in [-0.39, 0.29) is 12.1 Å². The van der Waals surface area contributed by atoms with Crippen LogP contribution in [0.4, 0.5) is 4.79 Å². The van der Waals surface area contributed by atoms with Gasteiger partial charge in [-0.05, 0) is 43.5 Å². The number of hydrogen-bond donors (Lipinski definition) is 1. The van der Waals surface area contributed by atoms with Crippen LogP contribution in [0.2, 0.25) is 0 Å². The molecular weight excluding hydrogens is 216 g/mol. The predicted molar refractivity (Wildman–Crippen MR) is 66.1 cm³/mol. The summed E-state index contributed by atoms with van der Waals surface area (Å²) in [5, 5.41) is 0. The van der Waals surface area contributed by atoms with Gasteiger partial charge in [-0.1, -0.05) is 6.07 Å². The molecule has 1 fully saturated rings. The molecule has 1 aliphatic heterocycles. The van der Waals surface area contributed by atoms with Crippen LogP contribution in [0.1, 0.15) is 17.5 Å². The first-order valence-corrected chi connectivity index (χ1v) is 5.86. The third-order valence-electron chi connectivity index (χ3n) is 3.17. The average molecular weight is 234 g/mol. The molecule has 4 heteroatoms. The SMILES string of the molecule is Cc1ccc(OC(=O)N2CCC(N)C2)cc1C. The molecule has 0 aromatic heterocycles. The molecule has 17 heavy (non-hydrogen) atoms. The number of rotatable bonds is 1. The summed E-state index contributed by atoms with van der Waals surface area (Å²) in [5.41, 5.74) is 8.06. The first-order valence-electron chi connectivity index (χ1n) is 5.86. The number of nitrogens with zero attached hydrogens (tertiary/aromatic N) is 1. The molecule has 1 heterocycles. The lowest BCUT2D eigenvalue weighted by molar-refractivity contribution is 0.162. The molecule has 0 saturated carbocycles. The van der Waals surface area contributed by atoms with Crippen LogP contribution in [0.5, 0.6) is 5.75 Å². The van der Waals surface area contributed by atoms with Crippen LogP contribution in [0.15, 0.2) is 18.2 Å².